The number of rotatable bonds is 4. The van der Waals surface area contributed by atoms with Gasteiger partial charge in [-0.05, 0) is 37.1 Å². The highest BCUT2D eigenvalue weighted by molar-refractivity contribution is 5.94. The van der Waals surface area contributed by atoms with Crippen LogP contribution in [-0.4, -0.2) is 86.0 Å². The van der Waals surface area contributed by atoms with Crippen molar-refractivity contribution in [3.05, 3.63) is 29.8 Å². The highest BCUT2D eigenvalue weighted by Crippen LogP contribution is 2.23. The molecule has 0 aromatic heterocycles. The van der Waals surface area contributed by atoms with Crippen LogP contribution in [0.2, 0.25) is 0 Å². The summed E-state index contributed by atoms with van der Waals surface area (Å²) in [7, 11) is 0. The van der Waals surface area contributed by atoms with Crippen LogP contribution in [0, 0.1) is 5.92 Å². The van der Waals surface area contributed by atoms with Crippen LogP contribution in [0.3, 0.4) is 0 Å². The number of anilines is 1. The van der Waals surface area contributed by atoms with Gasteiger partial charge in [-0.15, -0.1) is 0 Å². The zero-order chi connectivity index (χ0) is 22.6. The standard InChI is InChI=1S/C23H35N7O3/c31-21-19-18(15-24-28-21)26-23(30-9-3-1-2-4-10-30)27-20(19)25-17-7-5-16(6-8-17)22(32)29-11-13-33-14-12-29/h5-8,18-20,23-27H,1-4,9-15H2,(H,28,31). The minimum Gasteiger partial charge on any atom is -0.378 e. The zero-order valence-electron chi connectivity index (χ0n) is 19.0. The van der Waals surface area contributed by atoms with Gasteiger partial charge in [-0.25, -0.2) is 5.43 Å². The molecule has 0 bridgehead atoms. The van der Waals surface area contributed by atoms with Crippen molar-refractivity contribution in [3.8, 4) is 0 Å². The van der Waals surface area contributed by atoms with Crippen molar-refractivity contribution >= 4 is 17.5 Å². The Labute approximate surface area is 194 Å². The van der Waals surface area contributed by atoms with E-state index in [1.54, 1.807) is 0 Å². The van der Waals surface area contributed by atoms with Crippen LogP contribution in [0.15, 0.2) is 24.3 Å². The molecule has 4 atom stereocenters. The maximum atomic E-state index is 12.7. The van der Waals surface area contributed by atoms with Gasteiger partial charge in [0.15, 0.2) is 0 Å². The molecule has 180 valence electrons. The van der Waals surface area contributed by atoms with E-state index in [4.69, 9.17) is 4.74 Å². The zero-order valence-corrected chi connectivity index (χ0v) is 19.0. The number of nitrogens with zero attached hydrogens (tertiary/aromatic N) is 2. The fourth-order valence-electron chi connectivity index (χ4n) is 5.25. The topological polar surface area (TPSA) is 110 Å². The van der Waals surface area contributed by atoms with E-state index in [1.807, 2.05) is 29.2 Å². The van der Waals surface area contributed by atoms with Crippen LogP contribution in [0.25, 0.3) is 0 Å². The Morgan fingerprint density at radius 3 is 2.42 bits per heavy atom. The van der Waals surface area contributed by atoms with Gasteiger partial charge >= 0.3 is 0 Å². The summed E-state index contributed by atoms with van der Waals surface area (Å²) >= 11 is 0. The molecule has 33 heavy (non-hydrogen) atoms. The highest BCUT2D eigenvalue weighted by Gasteiger charge is 2.44. The third-order valence-electron chi connectivity index (χ3n) is 7.10. The van der Waals surface area contributed by atoms with Crippen molar-refractivity contribution in [2.75, 3.05) is 51.3 Å². The van der Waals surface area contributed by atoms with E-state index in [2.05, 4.69) is 31.7 Å². The first-order valence-electron chi connectivity index (χ1n) is 12.2. The molecule has 0 spiro atoms. The molecule has 4 aliphatic rings. The fraction of sp³-hybridized carbons (Fsp3) is 0.652. The molecule has 4 heterocycles. The number of hydrogen-bond donors (Lipinski definition) is 5. The van der Waals surface area contributed by atoms with E-state index in [-0.39, 0.29) is 36.2 Å². The molecular weight excluding hydrogens is 422 g/mol. The lowest BCUT2D eigenvalue weighted by Crippen LogP contribution is -2.76. The lowest BCUT2D eigenvalue weighted by Gasteiger charge is -2.48. The number of nitrogens with one attached hydrogen (secondary N) is 5. The minimum absolute atomic E-state index is 0.0109. The van der Waals surface area contributed by atoms with Crippen LogP contribution in [0.5, 0.6) is 0 Å². The van der Waals surface area contributed by atoms with Gasteiger partial charge in [-0.1, -0.05) is 12.8 Å². The van der Waals surface area contributed by atoms with Gasteiger partial charge in [0.25, 0.3) is 5.91 Å². The first-order chi connectivity index (χ1) is 16.2. The Morgan fingerprint density at radius 1 is 0.970 bits per heavy atom. The largest absolute Gasteiger partial charge is 0.378 e. The first kappa shape index (κ1) is 22.5. The van der Waals surface area contributed by atoms with E-state index < -0.39 is 0 Å². The van der Waals surface area contributed by atoms with Gasteiger partial charge in [0, 0.05) is 50.0 Å². The second kappa shape index (κ2) is 10.4. The van der Waals surface area contributed by atoms with Crippen LogP contribution < -0.4 is 26.8 Å². The molecule has 4 aliphatic heterocycles. The predicted octanol–water partition coefficient (Wildman–Crippen LogP) is -0.131. The predicted molar refractivity (Wildman–Crippen MR) is 124 cm³/mol. The monoisotopic (exact) mass is 457 g/mol. The molecule has 10 heteroatoms. The Kier molecular flexibility index (Phi) is 7.07. The fourth-order valence-corrected chi connectivity index (χ4v) is 5.25. The van der Waals surface area contributed by atoms with Crippen molar-refractivity contribution in [2.24, 2.45) is 5.92 Å². The van der Waals surface area contributed by atoms with Crippen molar-refractivity contribution < 1.29 is 14.3 Å². The summed E-state index contributed by atoms with van der Waals surface area (Å²) in [4.78, 5) is 29.7. The van der Waals surface area contributed by atoms with Gasteiger partial charge in [-0.3, -0.25) is 30.5 Å². The Morgan fingerprint density at radius 2 is 1.70 bits per heavy atom. The van der Waals surface area contributed by atoms with Crippen molar-refractivity contribution in [1.82, 2.24) is 31.3 Å². The third-order valence-corrected chi connectivity index (χ3v) is 7.10. The average Bonchev–Trinajstić information content (AvgIpc) is 3.14. The number of ether oxygens (including phenoxy) is 1. The highest BCUT2D eigenvalue weighted by atomic mass is 16.5. The quantitative estimate of drug-likeness (QED) is 0.425. The number of hydrogen-bond acceptors (Lipinski definition) is 8. The molecule has 0 aliphatic carbocycles. The van der Waals surface area contributed by atoms with Crippen molar-refractivity contribution in [1.29, 1.82) is 0 Å². The maximum absolute atomic E-state index is 12.7. The lowest BCUT2D eigenvalue weighted by molar-refractivity contribution is -0.132. The van der Waals surface area contributed by atoms with Crippen molar-refractivity contribution in [3.63, 3.8) is 0 Å². The van der Waals surface area contributed by atoms with Gasteiger partial charge < -0.3 is 15.0 Å². The summed E-state index contributed by atoms with van der Waals surface area (Å²) in [6.45, 7) is 5.20. The van der Waals surface area contributed by atoms with Crippen molar-refractivity contribution in [2.45, 2.75) is 44.2 Å². The van der Waals surface area contributed by atoms with E-state index >= 15 is 0 Å². The molecule has 4 fully saturated rings. The number of likely N-dealkylation sites (tertiary alicyclic amines) is 1. The summed E-state index contributed by atoms with van der Waals surface area (Å²) in [5.41, 5.74) is 7.35. The number of morpholine rings is 1. The Balaban J connectivity index is 1.29. The number of carbonyl (C=O) groups excluding carboxylic acids is 2. The number of hydrazine groups is 1. The van der Waals surface area contributed by atoms with Crippen LogP contribution >= 0.6 is 0 Å². The summed E-state index contributed by atoms with van der Waals surface area (Å²) in [6, 6.07) is 7.58. The number of amides is 2. The Bertz CT molecular complexity index is 822. The van der Waals surface area contributed by atoms with Crippen LogP contribution in [-0.2, 0) is 9.53 Å². The number of benzene rings is 1. The summed E-state index contributed by atoms with van der Waals surface area (Å²) in [5.74, 6) is -0.259. The molecule has 5 rings (SSSR count). The minimum atomic E-state index is -0.260. The first-order valence-corrected chi connectivity index (χ1v) is 12.2. The molecular formula is C23H35N7O3. The third kappa shape index (κ3) is 5.15. The van der Waals surface area contributed by atoms with Crippen LogP contribution in [0.1, 0.15) is 36.0 Å². The smallest absolute Gasteiger partial charge is 0.254 e. The summed E-state index contributed by atoms with van der Waals surface area (Å²) < 4.78 is 5.34. The van der Waals surface area contributed by atoms with E-state index in [0.29, 0.717) is 38.4 Å². The summed E-state index contributed by atoms with van der Waals surface area (Å²) in [5, 5.41) is 10.8. The van der Waals surface area contributed by atoms with E-state index in [1.165, 1.54) is 25.7 Å². The molecule has 4 saturated heterocycles. The number of carbonyl (C=O) groups is 2. The molecule has 0 saturated carbocycles. The van der Waals surface area contributed by atoms with Gasteiger partial charge in [0.2, 0.25) is 5.91 Å². The lowest BCUT2D eigenvalue weighted by atomic mass is 9.91. The molecule has 10 nitrogen and oxygen atoms in total. The van der Waals surface area contributed by atoms with E-state index in [9.17, 15) is 9.59 Å². The molecule has 5 N–H and O–H groups in total. The molecule has 2 amide bonds. The SMILES string of the molecule is O=C1NNCC2NC(N3CCCCCC3)NC(Nc3ccc(C(=O)N4CCOCC4)cc3)C12. The van der Waals surface area contributed by atoms with Gasteiger partial charge in [0.05, 0.1) is 25.3 Å². The van der Waals surface area contributed by atoms with Gasteiger partial charge in [-0.2, -0.15) is 0 Å². The average molecular weight is 458 g/mol. The second-order valence-corrected chi connectivity index (χ2v) is 9.29. The van der Waals surface area contributed by atoms with E-state index in [0.717, 1.165) is 18.8 Å². The van der Waals surface area contributed by atoms with Gasteiger partial charge in [0.1, 0.15) is 6.29 Å². The normalized spacial score (nSPS) is 31.3. The molecule has 1 aromatic rings. The molecule has 0 radical (unpaired) electrons. The second-order valence-electron chi connectivity index (χ2n) is 9.29. The molecule has 1 aromatic carbocycles. The summed E-state index contributed by atoms with van der Waals surface area (Å²) in [6.07, 6.45) is 4.73. The molecule has 4 unspecified atom stereocenters. The maximum Gasteiger partial charge on any atom is 0.254 e. The van der Waals surface area contributed by atoms with Crippen LogP contribution in [0.4, 0.5) is 5.69 Å². The number of fused-ring (bicyclic) bond motifs is 1. The Hall–Kier alpha value is -2.24.